The number of carbonyl (C=O) groups excluding carboxylic acids is 1. The van der Waals surface area contributed by atoms with E-state index in [2.05, 4.69) is 0 Å². The highest BCUT2D eigenvalue weighted by atomic mass is 32.2. The van der Waals surface area contributed by atoms with Gasteiger partial charge in [0.1, 0.15) is 0 Å². The lowest BCUT2D eigenvalue weighted by Crippen LogP contribution is -2.45. The zero-order chi connectivity index (χ0) is 11.3. The molecule has 0 spiro atoms. The van der Waals surface area contributed by atoms with Gasteiger partial charge in [-0.05, 0) is 19.8 Å². The molecule has 84 valence electrons. The molecule has 1 N–H and O–H groups in total. The van der Waals surface area contributed by atoms with Crippen molar-refractivity contribution < 1.29 is 9.90 Å². The molecule has 0 aromatic carbocycles. The molecule has 0 saturated carbocycles. The first-order valence-electron chi connectivity index (χ1n) is 5.00. The normalized spacial score (nSPS) is 19.7. The minimum absolute atomic E-state index is 0.0748. The summed E-state index contributed by atoms with van der Waals surface area (Å²) in [5, 5.41) is 18.0. The van der Waals surface area contributed by atoms with Gasteiger partial charge in [-0.25, -0.2) is 0 Å². The average molecular weight is 228 g/mol. The fourth-order valence-corrected chi connectivity index (χ4v) is 2.06. The highest BCUT2D eigenvalue weighted by Crippen LogP contribution is 2.21. The molecule has 1 rings (SSSR count). The van der Waals surface area contributed by atoms with Crippen molar-refractivity contribution in [3.8, 4) is 6.07 Å². The summed E-state index contributed by atoms with van der Waals surface area (Å²) in [5.74, 6) is 0.804. The van der Waals surface area contributed by atoms with Gasteiger partial charge in [0.25, 0.3) is 0 Å². The Balaban J connectivity index is 2.28. The third-order valence-electron chi connectivity index (χ3n) is 2.59. The van der Waals surface area contributed by atoms with E-state index < -0.39 is 5.60 Å². The second-order valence-electron chi connectivity index (χ2n) is 4.03. The molecular weight excluding hydrogens is 212 g/mol. The lowest BCUT2D eigenvalue weighted by molar-refractivity contribution is -0.132. The van der Waals surface area contributed by atoms with Crippen LogP contribution in [0.3, 0.4) is 0 Å². The Kier molecular flexibility index (Phi) is 4.43. The first kappa shape index (κ1) is 12.3. The molecule has 4 nitrogen and oxygen atoms in total. The van der Waals surface area contributed by atoms with Gasteiger partial charge in [-0.15, -0.1) is 11.8 Å². The molecule has 1 amide bonds. The highest BCUT2D eigenvalue weighted by Gasteiger charge is 2.29. The van der Waals surface area contributed by atoms with Gasteiger partial charge in [0.05, 0.1) is 23.2 Å². The highest BCUT2D eigenvalue weighted by molar-refractivity contribution is 8.00. The number of nitriles is 1. The van der Waals surface area contributed by atoms with Crippen molar-refractivity contribution in [2.45, 2.75) is 25.4 Å². The number of carbonyl (C=O) groups is 1. The number of thioether (sulfide) groups is 1. The Morgan fingerprint density at radius 1 is 1.60 bits per heavy atom. The number of hydrogen-bond acceptors (Lipinski definition) is 4. The van der Waals surface area contributed by atoms with Gasteiger partial charge in [-0.1, -0.05) is 0 Å². The van der Waals surface area contributed by atoms with Crippen molar-refractivity contribution in [3.05, 3.63) is 0 Å². The third kappa shape index (κ3) is 4.10. The number of amides is 1. The molecule has 1 aliphatic heterocycles. The fourth-order valence-electron chi connectivity index (χ4n) is 1.51. The second-order valence-corrected chi connectivity index (χ2v) is 5.01. The van der Waals surface area contributed by atoms with Gasteiger partial charge in [-0.3, -0.25) is 4.79 Å². The average Bonchev–Trinajstić information content (AvgIpc) is 2.18. The van der Waals surface area contributed by atoms with Gasteiger partial charge in [0.2, 0.25) is 5.91 Å². The summed E-state index contributed by atoms with van der Waals surface area (Å²) in [7, 11) is 0. The molecule has 5 heteroatoms. The Morgan fingerprint density at radius 2 is 2.20 bits per heavy atom. The Hall–Kier alpha value is -0.730. The van der Waals surface area contributed by atoms with E-state index >= 15 is 0 Å². The summed E-state index contributed by atoms with van der Waals surface area (Å²) in [5.41, 5.74) is -0.615. The number of aliphatic hydroxyl groups is 1. The predicted molar refractivity (Wildman–Crippen MR) is 59.4 cm³/mol. The van der Waals surface area contributed by atoms with Crippen LogP contribution in [-0.4, -0.2) is 46.1 Å². The maximum absolute atomic E-state index is 11.6. The van der Waals surface area contributed by atoms with E-state index in [0.29, 0.717) is 37.4 Å². The monoisotopic (exact) mass is 228 g/mol. The molecular formula is C10H16N2O2S. The fraction of sp³-hybridized carbons (Fsp3) is 0.800. The quantitative estimate of drug-likeness (QED) is 0.719. The van der Waals surface area contributed by atoms with Crippen molar-refractivity contribution in [2.24, 2.45) is 0 Å². The second kappa shape index (κ2) is 5.38. The first-order valence-corrected chi connectivity index (χ1v) is 6.15. The van der Waals surface area contributed by atoms with Crippen LogP contribution in [-0.2, 0) is 4.79 Å². The summed E-state index contributed by atoms with van der Waals surface area (Å²) in [4.78, 5) is 13.4. The van der Waals surface area contributed by atoms with E-state index in [1.807, 2.05) is 6.07 Å². The molecule has 0 unspecified atom stereocenters. The van der Waals surface area contributed by atoms with Crippen LogP contribution < -0.4 is 0 Å². The smallest absolute Gasteiger partial charge is 0.232 e. The van der Waals surface area contributed by atoms with E-state index in [-0.39, 0.29) is 5.91 Å². The molecule has 1 aliphatic rings. The van der Waals surface area contributed by atoms with Gasteiger partial charge in [0, 0.05) is 13.1 Å². The van der Waals surface area contributed by atoms with E-state index in [0.717, 1.165) is 0 Å². The maximum Gasteiger partial charge on any atom is 0.232 e. The van der Waals surface area contributed by atoms with Crippen LogP contribution in [0.4, 0.5) is 0 Å². The summed E-state index contributed by atoms with van der Waals surface area (Å²) in [6.45, 7) is 3.05. The minimum atomic E-state index is -0.615. The molecule has 0 aromatic rings. The SMILES string of the molecule is CC1(O)CCN(C(=O)CSCC#N)CC1. The number of rotatable bonds is 3. The van der Waals surface area contributed by atoms with Crippen molar-refractivity contribution in [1.82, 2.24) is 4.90 Å². The van der Waals surface area contributed by atoms with Gasteiger partial charge in [-0.2, -0.15) is 5.26 Å². The lowest BCUT2D eigenvalue weighted by Gasteiger charge is -2.35. The van der Waals surface area contributed by atoms with Crippen LogP contribution in [0, 0.1) is 11.3 Å². The van der Waals surface area contributed by atoms with Crippen LogP contribution in [0.1, 0.15) is 19.8 Å². The van der Waals surface area contributed by atoms with Crippen molar-refractivity contribution in [1.29, 1.82) is 5.26 Å². The van der Waals surface area contributed by atoms with E-state index in [4.69, 9.17) is 5.26 Å². The van der Waals surface area contributed by atoms with Crippen LogP contribution in [0.25, 0.3) is 0 Å². The molecule has 1 saturated heterocycles. The summed E-state index contributed by atoms with van der Waals surface area (Å²) in [6.07, 6.45) is 1.28. The number of nitrogens with zero attached hydrogens (tertiary/aromatic N) is 2. The van der Waals surface area contributed by atoms with Gasteiger partial charge < -0.3 is 10.0 Å². The Labute approximate surface area is 94.2 Å². The molecule has 1 heterocycles. The topological polar surface area (TPSA) is 64.3 Å². The van der Waals surface area contributed by atoms with Gasteiger partial charge in [0.15, 0.2) is 0 Å². The van der Waals surface area contributed by atoms with Crippen LogP contribution in [0.15, 0.2) is 0 Å². The summed E-state index contributed by atoms with van der Waals surface area (Å²) >= 11 is 1.34. The van der Waals surface area contributed by atoms with Crippen molar-refractivity contribution in [3.63, 3.8) is 0 Å². The maximum atomic E-state index is 11.6. The number of likely N-dealkylation sites (tertiary alicyclic amines) is 1. The molecule has 0 aliphatic carbocycles. The lowest BCUT2D eigenvalue weighted by atomic mass is 9.94. The van der Waals surface area contributed by atoms with E-state index in [1.54, 1.807) is 11.8 Å². The van der Waals surface area contributed by atoms with Crippen molar-refractivity contribution >= 4 is 17.7 Å². The number of piperidine rings is 1. The van der Waals surface area contributed by atoms with E-state index in [9.17, 15) is 9.90 Å². The Bertz CT molecular complexity index is 263. The largest absolute Gasteiger partial charge is 0.390 e. The van der Waals surface area contributed by atoms with Crippen LogP contribution in [0.5, 0.6) is 0 Å². The number of hydrogen-bond donors (Lipinski definition) is 1. The minimum Gasteiger partial charge on any atom is -0.390 e. The zero-order valence-electron chi connectivity index (χ0n) is 8.90. The summed E-state index contributed by atoms with van der Waals surface area (Å²) in [6, 6.07) is 1.99. The molecule has 0 atom stereocenters. The molecule has 0 aromatic heterocycles. The van der Waals surface area contributed by atoms with Gasteiger partial charge >= 0.3 is 0 Å². The standard InChI is InChI=1S/C10H16N2O2S/c1-10(14)2-5-12(6-3-10)9(13)8-15-7-4-11/h14H,2-3,5-8H2,1H3. The van der Waals surface area contributed by atoms with Crippen LogP contribution >= 0.6 is 11.8 Å². The molecule has 15 heavy (non-hydrogen) atoms. The molecule has 1 fully saturated rings. The van der Waals surface area contributed by atoms with E-state index in [1.165, 1.54) is 11.8 Å². The molecule has 0 radical (unpaired) electrons. The zero-order valence-corrected chi connectivity index (χ0v) is 9.72. The Morgan fingerprint density at radius 3 is 2.73 bits per heavy atom. The third-order valence-corrected chi connectivity index (χ3v) is 3.37. The predicted octanol–water partition coefficient (Wildman–Crippen LogP) is 0.617. The summed E-state index contributed by atoms with van der Waals surface area (Å²) < 4.78 is 0. The first-order chi connectivity index (χ1) is 7.05. The van der Waals surface area contributed by atoms with Crippen molar-refractivity contribution in [2.75, 3.05) is 24.6 Å². The van der Waals surface area contributed by atoms with Crippen LogP contribution in [0.2, 0.25) is 0 Å². The molecule has 0 bridgehead atoms.